The van der Waals surface area contributed by atoms with Crippen molar-refractivity contribution >= 4 is 5.97 Å². The van der Waals surface area contributed by atoms with Crippen LogP contribution in [0.15, 0.2) is 18.2 Å². The highest BCUT2D eigenvalue weighted by Crippen LogP contribution is 2.21. The number of likely N-dealkylation sites (tertiary alicyclic amines) is 1. The van der Waals surface area contributed by atoms with Gasteiger partial charge in [0.05, 0.1) is 13.0 Å². The third kappa shape index (κ3) is 3.29. The predicted molar refractivity (Wildman–Crippen MR) is 66.4 cm³/mol. The molecule has 0 radical (unpaired) electrons. The topological polar surface area (TPSA) is 29.5 Å². The number of carbonyl (C=O) groups is 1. The lowest BCUT2D eigenvalue weighted by molar-refractivity contribution is -0.147. The lowest BCUT2D eigenvalue weighted by Crippen LogP contribution is -2.39. The van der Waals surface area contributed by atoms with E-state index in [9.17, 15) is 13.6 Å². The molecule has 0 aliphatic carbocycles. The maximum atomic E-state index is 13.6. The number of halogens is 2. The summed E-state index contributed by atoms with van der Waals surface area (Å²) in [4.78, 5) is 13.4. The van der Waals surface area contributed by atoms with Gasteiger partial charge < -0.3 is 4.74 Å². The molecule has 2 rings (SSSR count). The Morgan fingerprint density at radius 3 is 2.74 bits per heavy atom. The molecule has 0 bridgehead atoms. The van der Waals surface area contributed by atoms with E-state index in [0.717, 1.165) is 19.4 Å². The van der Waals surface area contributed by atoms with Crippen LogP contribution in [0.2, 0.25) is 0 Å². The van der Waals surface area contributed by atoms with Gasteiger partial charge in [0.25, 0.3) is 0 Å². The van der Waals surface area contributed by atoms with Crippen LogP contribution in [0.5, 0.6) is 0 Å². The second-order valence-corrected chi connectivity index (χ2v) is 4.80. The van der Waals surface area contributed by atoms with Gasteiger partial charge in [-0.2, -0.15) is 0 Å². The molecule has 0 amide bonds. The van der Waals surface area contributed by atoms with Gasteiger partial charge in [-0.25, -0.2) is 8.78 Å². The van der Waals surface area contributed by atoms with Crippen LogP contribution in [0.25, 0.3) is 0 Å². The van der Waals surface area contributed by atoms with Crippen molar-refractivity contribution in [2.24, 2.45) is 5.92 Å². The van der Waals surface area contributed by atoms with Gasteiger partial charge in [0.15, 0.2) is 0 Å². The van der Waals surface area contributed by atoms with E-state index in [4.69, 9.17) is 4.74 Å². The van der Waals surface area contributed by atoms with Crippen LogP contribution in [0.4, 0.5) is 8.78 Å². The molecule has 1 atom stereocenters. The molecule has 3 nitrogen and oxygen atoms in total. The summed E-state index contributed by atoms with van der Waals surface area (Å²) in [5, 5.41) is 0. The van der Waals surface area contributed by atoms with Crippen molar-refractivity contribution in [1.82, 2.24) is 4.90 Å². The Hall–Kier alpha value is -1.49. The van der Waals surface area contributed by atoms with Gasteiger partial charge in [-0.1, -0.05) is 6.07 Å². The number of hydrogen-bond donors (Lipinski definition) is 0. The van der Waals surface area contributed by atoms with Crippen molar-refractivity contribution in [3.8, 4) is 0 Å². The molecule has 1 saturated heterocycles. The van der Waals surface area contributed by atoms with Crippen molar-refractivity contribution in [3.63, 3.8) is 0 Å². The number of rotatable bonds is 3. The average Bonchev–Trinajstić information content (AvgIpc) is 2.42. The van der Waals surface area contributed by atoms with Gasteiger partial charge in [-0.05, 0) is 31.5 Å². The van der Waals surface area contributed by atoms with Crippen molar-refractivity contribution in [1.29, 1.82) is 0 Å². The smallest absolute Gasteiger partial charge is 0.309 e. The number of hydrogen-bond acceptors (Lipinski definition) is 3. The first-order chi connectivity index (χ1) is 9.11. The molecule has 5 heteroatoms. The number of benzene rings is 1. The number of carbonyl (C=O) groups excluding carboxylic acids is 1. The van der Waals surface area contributed by atoms with E-state index in [1.807, 2.05) is 4.90 Å². The zero-order chi connectivity index (χ0) is 13.8. The number of piperidine rings is 1. The fraction of sp³-hybridized carbons (Fsp3) is 0.500. The van der Waals surface area contributed by atoms with Crippen molar-refractivity contribution in [2.45, 2.75) is 19.4 Å². The first-order valence-electron chi connectivity index (χ1n) is 6.35. The second kappa shape index (κ2) is 6.10. The van der Waals surface area contributed by atoms with E-state index in [-0.39, 0.29) is 24.0 Å². The Labute approximate surface area is 111 Å². The Morgan fingerprint density at radius 2 is 2.11 bits per heavy atom. The number of nitrogens with zero attached hydrogens (tertiary/aromatic N) is 1. The monoisotopic (exact) mass is 269 g/mol. The molecule has 0 saturated carbocycles. The van der Waals surface area contributed by atoms with E-state index < -0.39 is 11.6 Å². The molecular formula is C14H17F2NO2. The maximum Gasteiger partial charge on any atom is 0.309 e. The lowest BCUT2D eigenvalue weighted by atomic mass is 9.97. The summed E-state index contributed by atoms with van der Waals surface area (Å²) in [5.41, 5.74) is 0.0630. The van der Waals surface area contributed by atoms with Gasteiger partial charge in [0, 0.05) is 18.7 Å². The standard InChI is InChI=1S/C14H17F2NO2/c1-19-14(18)10-4-3-7-17(8-10)9-11-12(15)5-2-6-13(11)16/h2,5-6,10H,3-4,7-9H2,1H3/t10-/m0/s1. The van der Waals surface area contributed by atoms with Gasteiger partial charge in [-0.3, -0.25) is 9.69 Å². The van der Waals surface area contributed by atoms with Crippen LogP contribution >= 0.6 is 0 Å². The third-order valence-corrected chi connectivity index (χ3v) is 3.48. The van der Waals surface area contributed by atoms with Gasteiger partial charge in [0.2, 0.25) is 0 Å². The SMILES string of the molecule is COC(=O)[C@H]1CCCN(Cc2c(F)cccc2F)C1. The number of ether oxygens (including phenoxy) is 1. The molecule has 1 heterocycles. The normalized spacial score (nSPS) is 20.3. The van der Waals surface area contributed by atoms with Crippen LogP contribution in [-0.2, 0) is 16.1 Å². The molecular weight excluding hydrogens is 252 g/mol. The van der Waals surface area contributed by atoms with Crippen molar-refractivity contribution in [3.05, 3.63) is 35.4 Å². The highest BCUT2D eigenvalue weighted by atomic mass is 19.1. The molecule has 0 aromatic heterocycles. The quantitative estimate of drug-likeness (QED) is 0.789. The molecule has 0 N–H and O–H groups in total. The number of esters is 1. The summed E-state index contributed by atoms with van der Waals surface area (Å²) in [7, 11) is 1.36. The van der Waals surface area contributed by atoms with Gasteiger partial charge >= 0.3 is 5.97 Å². The minimum absolute atomic E-state index is 0.0630. The van der Waals surface area contributed by atoms with Gasteiger partial charge in [-0.15, -0.1) is 0 Å². The van der Waals surface area contributed by atoms with Crippen LogP contribution in [-0.4, -0.2) is 31.1 Å². The zero-order valence-electron chi connectivity index (χ0n) is 10.9. The van der Waals surface area contributed by atoms with Crippen molar-refractivity contribution in [2.75, 3.05) is 20.2 Å². The molecule has 1 aliphatic rings. The summed E-state index contributed by atoms with van der Waals surface area (Å²) in [6.07, 6.45) is 1.60. The molecule has 19 heavy (non-hydrogen) atoms. The summed E-state index contributed by atoms with van der Waals surface area (Å²) in [5.74, 6) is -1.53. The van der Waals surface area contributed by atoms with Crippen LogP contribution in [0.3, 0.4) is 0 Å². The highest BCUT2D eigenvalue weighted by molar-refractivity contribution is 5.72. The zero-order valence-corrected chi connectivity index (χ0v) is 10.9. The summed E-state index contributed by atoms with van der Waals surface area (Å²) >= 11 is 0. The molecule has 1 aromatic rings. The second-order valence-electron chi connectivity index (χ2n) is 4.80. The average molecular weight is 269 g/mol. The van der Waals surface area contributed by atoms with Crippen LogP contribution in [0.1, 0.15) is 18.4 Å². The Morgan fingerprint density at radius 1 is 1.42 bits per heavy atom. The molecule has 1 aliphatic heterocycles. The minimum atomic E-state index is -0.541. The lowest BCUT2D eigenvalue weighted by Gasteiger charge is -2.31. The predicted octanol–water partition coefficient (Wildman–Crippen LogP) is 2.35. The van der Waals surface area contributed by atoms with E-state index >= 15 is 0 Å². The van der Waals surface area contributed by atoms with E-state index in [2.05, 4.69) is 0 Å². The minimum Gasteiger partial charge on any atom is -0.469 e. The fourth-order valence-corrected chi connectivity index (χ4v) is 2.47. The van der Waals surface area contributed by atoms with E-state index in [0.29, 0.717) is 6.54 Å². The Kier molecular flexibility index (Phi) is 4.47. The maximum absolute atomic E-state index is 13.6. The first kappa shape index (κ1) is 13.9. The first-order valence-corrected chi connectivity index (χ1v) is 6.35. The van der Waals surface area contributed by atoms with Crippen LogP contribution < -0.4 is 0 Å². The molecule has 0 unspecified atom stereocenters. The van der Waals surface area contributed by atoms with Gasteiger partial charge in [0.1, 0.15) is 11.6 Å². The largest absolute Gasteiger partial charge is 0.469 e. The van der Waals surface area contributed by atoms with Crippen LogP contribution in [0, 0.1) is 17.6 Å². The molecule has 0 spiro atoms. The Bertz CT molecular complexity index is 445. The van der Waals surface area contributed by atoms with E-state index in [1.54, 1.807) is 0 Å². The fourth-order valence-electron chi connectivity index (χ4n) is 2.47. The molecule has 104 valence electrons. The highest BCUT2D eigenvalue weighted by Gasteiger charge is 2.27. The Balaban J connectivity index is 2.05. The summed E-state index contributed by atoms with van der Waals surface area (Å²) in [6.45, 7) is 1.41. The summed E-state index contributed by atoms with van der Waals surface area (Å²) < 4.78 is 31.9. The summed E-state index contributed by atoms with van der Waals surface area (Å²) in [6, 6.07) is 3.85. The molecule has 1 fully saturated rings. The third-order valence-electron chi connectivity index (χ3n) is 3.48. The van der Waals surface area contributed by atoms with Crippen molar-refractivity contribution < 1.29 is 18.3 Å². The molecule has 1 aromatic carbocycles. The van der Waals surface area contributed by atoms with E-state index in [1.165, 1.54) is 25.3 Å². The number of methoxy groups -OCH3 is 1.